The summed E-state index contributed by atoms with van der Waals surface area (Å²) >= 11 is 0. The van der Waals surface area contributed by atoms with Crippen molar-refractivity contribution in [1.29, 1.82) is 0 Å². The molecule has 0 fully saturated rings. The van der Waals surface area contributed by atoms with Crippen LogP contribution < -0.4 is 0 Å². The molecule has 0 aliphatic carbocycles. The molecule has 0 aliphatic heterocycles. The third-order valence-corrected chi connectivity index (χ3v) is 2.59. The lowest BCUT2D eigenvalue weighted by atomic mass is 10.1. The molecule has 2 aromatic rings. The van der Waals surface area contributed by atoms with Crippen LogP contribution in [0.1, 0.15) is 16.8 Å². The van der Waals surface area contributed by atoms with E-state index in [0.717, 1.165) is 17.7 Å². The minimum atomic E-state index is -4.32. The predicted octanol–water partition coefficient (Wildman–Crippen LogP) is 2.44. The van der Waals surface area contributed by atoms with Crippen molar-refractivity contribution in [2.45, 2.75) is 19.3 Å². The van der Waals surface area contributed by atoms with E-state index in [0.29, 0.717) is 12.2 Å². The van der Waals surface area contributed by atoms with E-state index in [1.165, 1.54) is 24.7 Å². The Morgan fingerprint density at radius 1 is 1.17 bits per heavy atom. The molecular formula is C12H11F3N2O. The number of benzene rings is 1. The van der Waals surface area contributed by atoms with Crippen molar-refractivity contribution in [2.24, 2.45) is 0 Å². The van der Waals surface area contributed by atoms with E-state index in [-0.39, 0.29) is 6.61 Å². The van der Waals surface area contributed by atoms with Gasteiger partial charge < -0.3 is 9.67 Å². The standard InChI is InChI=1S/C12H11F3N2O/c13-12(14,15)10-3-1-9(2-4-10)6-17-8-16-5-11(17)7-18/h1-5,8,18H,6-7H2. The summed E-state index contributed by atoms with van der Waals surface area (Å²) in [5.74, 6) is 0. The van der Waals surface area contributed by atoms with Crippen LogP contribution >= 0.6 is 0 Å². The van der Waals surface area contributed by atoms with Gasteiger partial charge in [-0.3, -0.25) is 0 Å². The molecule has 0 spiro atoms. The number of aromatic nitrogens is 2. The maximum Gasteiger partial charge on any atom is 0.416 e. The van der Waals surface area contributed by atoms with E-state index < -0.39 is 11.7 Å². The van der Waals surface area contributed by atoms with Gasteiger partial charge in [-0.25, -0.2) is 4.98 Å². The third kappa shape index (κ3) is 2.70. The molecule has 1 N–H and O–H groups in total. The summed E-state index contributed by atoms with van der Waals surface area (Å²) in [6, 6.07) is 4.93. The van der Waals surface area contributed by atoms with Crippen molar-refractivity contribution >= 4 is 0 Å². The Labute approximate surface area is 102 Å². The molecule has 1 aromatic carbocycles. The second kappa shape index (κ2) is 4.81. The lowest BCUT2D eigenvalue weighted by Crippen LogP contribution is -2.06. The maximum atomic E-state index is 12.4. The fraction of sp³-hybridized carbons (Fsp3) is 0.250. The molecule has 1 aromatic heterocycles. The first-order chi connectivity index (χ1) is 8.50. The first kappa shape index (κ1) is 12.6. The first-order valence-corrected chi connectivity index (χ1v) is 5.26. The van der Waals surface area contributed by atoms with Crippen LogP contribution in [-0.4, -0.2) is 14.7 Å². The second-order valence-electron chi connectivity index (χ2n) is 3.87. The number of aliphatic hydroxyl groups excluding tert-OH is 1. The van der Waals surface area contributed by atoms with Crippen LogP contribution in [0, 0.1) is 0 Å². The fourth-order valence-corrected chi connectivity index (χ4v) is 1.62. The van der Waals surface area contributed by atoms with Crippen molar-refractivity contribution in [3.63, 3.8) is 0 Å². The summed E-state index contributed by atoms with van der Waals surface area (Å²) in [6.07, 6.45) is -1.27. The van der Waals surface area contributed by atoms with E-state index in [1.807, 2.05) is 0 Å². The average molecular weight is 256 g/mol. The second-order valence-corrected chi connectivity index (χ2v) is 3.87. The highest BCUT2D eigenvalue weighted by molar-refractivity contribution is 5.25. The Morgan fingerprint density at radius 3 is 2.39 bits per heavy atom. The zero-order chi connectivity index (χ0) is 13.2. The third-order valence-electron chi connectivity index (χ3n) is 2.59. The maximum absolute atomic E-state index is 12.4. The Morgan fingerprint density at radius 2 is 1.83 bits per heavy atom. The lowest BCUT2D eigenvalue weighted by molar-refractivity contribution is -0.137. The molecule has 96 valence electrons. The first-order valence-electron chi connectivity index (χ1n) is 5.26. The zero-order valence-electron chi connectivity index (χ0n) is 9.35. The van der Waals surface area contributed by atoms with Crippen LogP contribution in [0.15, 0.2) is 36.8 Å². The van der Waals surface area contributed by atoms with E-state index >= 15 is 0 Å². The monoisotopic (exact) mass is 256 g/mol. The van der Waals surface area contributed by atoms with Gasteiger partial charge in [0.2, 0.25) is 0 Å². The minimum Gasteiger partial charge on any atom is -0.390 e. The van der Waals surface area contributed by atoms with Crippen molar-refractivity contribution in [2.75, 3.05) is 0 Å². The Hall–Kier alpha value is -1.82. The molecule has 18 heavy (non-hydrogen) atoms. The molecule has 6 heteroatoms. The van der Waals surface area contributed by atoms with Crippen LogP contribution in [0.5, 0.6) is 0 Å². The van der Waals surface area contributed by atoms with Crippen molar-refractivity contribution in [3.8, 4) is 0 Å². The molecule has 0 atom stereocenters. The van der Waals surface area contributed by atoms with Crippen LogP contribution in [0.4, 0.5) is 13.2 Å². The summed E-state index contributed by atoms with van der Waals surface area (Å²) in [6.45, 7) is 0.231. The van der Waals surface area contributed by atoms with Crippen molar-refractivity contribution in [1.82, 2.24) is 9.55 Å². The Bertz CT molecular complexity index is 517. The Balaban J connectivity index is 2.16. The number of imidazole rings is 1. The summed E-state index contributed by atoms with van der Waals surface area (Å²) in [5, 5.41) is 9.03. The molecule has 0 saturated heterocycles. The molecule has 0 aliphatic rings. The van der Waals surface area contributed by atoms with Gasteiger partial charge in [-0.15, -0.1) is 0 Å². The van der Waals surface area contributed by atoms with E-state index in [1.54, 1.807) is 4.57 Å². The molecule has 0 amide bonds. The number of halogens is 3. The molecule has 0 saturated carbocycles. The summed E-state index contributed by atoms with van der Waals surface area (Å²) in [7, 11) is 0. The molecule has 1 heterocycles. The quantitative estimate of drug-likeness (QED) is 0.916. The molecular weight excluding hydrogens is 245 g/mol. The van der Waals surface area contributed by atoms with Crippen LogP contribution in [0.25, 0.3) is 0 Å². The van der Waals surface area contributed by atoms with Gasteiger partial charge in [-0.2, -0.15) is 13.2 Å². The normalized spacial score (nSPS) is 11.8. The number of alkyl halides is 3. The van der Waals surface area contributed by atoms with Gasteiger partial charge in [0.25, 0.3) is 0 Å². The highest BCUT2D eigenvalue weighted by Crippen LogP contribution is 2.29. The summed E-state index contributed by atoms with van der Waals surface area (Å²) in [5.41, 5.74) is 0.671. The molecule has 0 radical (unpaired) electrons. The SMILES string of the molecule is OCc1cncn1Cc1ccc(C(F)(F)F)cc1. The number of rotatable bonds is 3. The topological polar surface area (TPSA) is 38.1 Å². The van der Waals surface area contributed by atoms with Crippen LogP contribution in [-0.2, 0) is 19.3 Å². The van der Waals surface area contributed by atoms with Gasteiger partial charge in [-0.05, 0) is 17.7 Å². The molecule has 0 unspecified atom stereocenters. The number of nitrogens with zero attached hydrogens (tertiary/aromatic N) is 2. The van der Waals surface area contributed by atoms with E-state index in [4.69, 9.17) is 5.11 Å². The fourth-order valence-electron chi connectivity index (χ4n) is 1.62. The van der Waals surface area contributed by atoms with Gasteiger partial charge in [0, 0.05) is 6.54 Å². The van der Waals surface area contributed by atoms with Gasteiger partial charge >= 0.3 is 6.18 Å². The smallest absolute Gasteiger partial charge is 0.390 e. The number of hydrogen-bond donors (Lipinski definition) is 1. The van der Waals surface area contributed by atoms with Gasteiger partial charge in [0.05, 0.1) is 30.4 Å². The highest BCUT2D eigenvalue weighted by atomic mass is 19.4. The summed E-state index contributed by atoms with van der Waals surface area (Å²) in [4.78, 5) is 3.87. The minimum absolute atomic E-state index is 0.152. The molecule has 2 rings (SSSR count). The van der Waals surface area contributed by atoms with E-state index in [2.05, 4.69) is 4.98 Å². The largest absolute Gasteiger partial charge is 0.416 e. The Kier molecular flexibility index (Phi) is 3.38. The van der Waals surface area contributed by atoms with Crippen LogP contribution in [0.2, 0.25) is 0 Å². The highest BCUT2D eigenvalue weighted by Gasteiger charge is 2.29. The molecule has 3 nitrogen and oxygen atoms in total. The lowest BCUT2D eigenvalue weighted by Gasteiger charge is -2.09. The van der Waals surface area contributed by atoms with Gasteiger partial charge in [0.1, 0.15) is 0 Å². The molecule has 0 bridgehead atoms. The van der Waals surface area contributed by atoms with E-state index in [9.17, 15) is 13.2 Å². The number of hydrogen-bond acceptors (Lipinski definition) is 2. The van der Waals surface area contributed by atoms with Crippen molar-refractivity contribution in [3.05, 3.63) is 53.6 Å². The van der Waals surface area contributed by atoms with Crippen molar-refractivity contribution < 1.29 is 18.3 Å². The summed E-state index contributed by atoms with van der Waals surface area (Å²) < 4.78 is 38.8. The number of aliphatic hydroxyl groups is 1. The predicted molar refractivity (Wildman–Crippen MR) is 58.7 cm³/mol. The van der Waals surface area contributed by atoms with Gasteiger partial charge in [0.15, 0.2) is 0 Å². The van der Waals surface area contributed by atoms with Gasteiger partial charge in [-0.1, -0.05) is 12.1 Å². The van der Waals surface area contributed by atoms with Crippen LogP contribution in [0.3, 0.4) is 0 Å². The average Bonchev–Trinajstić information content (AvgIpc) is 2.76. The zero-order valence-corrected chi connectivity index (χ0v) is 9.35.